The number of nitrogens with one attached hydrogen (secondary N) is 1. The molecule has 0 aliphatic carbocycles. The number of rotatable bonds is 2. The normalized spacial score (nSPS) is 10.3. The van der Waals surface area contributed by atoms with Crippen molar-refractivity contribution in [3.05, 3.63) is 57.0 Å². The SMILES string of the molecule is Cc1cc(N)ccc1C(=O)Nc1cc(Br)ccc1Cl. The molecule has 5 heteroatoms. The van der Waals surface area contributed by atoms with Crippen LogP contribution in [-0.2, 0) is 0 Å². The van der Waals surface area contributed by atoms with Crippen molar-refractivity contribution in [1.82, 2.24) is 0 Å². The van der Waals surface area contributed by atoms with E-state index in [-0.39, 0.29) is 5.91 Å². The van der Waals surface area contributed by atoms with Gasteiger partial charge in [0.15, 0.2) is 0 Å². The maximum Gasteiger partial charge on any atom is 0.255 e. The second kappa shape index (κ2) is 5.63. The highest BCUT2D eigenvalue weighted by molar-refractivity contribution is 9.10. The maximum absolute atomic E-state index is 12.2. The van der Waals surface area contributed by atoms with Crippen LogP contribution in [0, 0.1) is 6.92 Å². The van der Waals surface area contributed by atoms with Gasteiger partial charge in [0.05, 0.1) is 10.7 Å². The Bertz CT molecular complexity index is 643. The van der Waals surface area contributed by atoms with Gasteiger partial charge in [-0.15, -0.1) is 0 Å². The van der Waals surface area contributed by atoms with E-state index in [0.717, 1.165) is 10.0 Å². The summed E-state index contributed by atoms with van der Waals surface area (Å²) in [6, 6.07) is 10.4. The van der Waals surface area contributed by atoms with Crippen molar-refractivity contribution in [2.45, 2.75) is 6.92 Å². The van der Waals surface area contributed by atoms with Crippen molar-refractivity contribution in [3.63, 3.8) is 0 Å². The van der Waals surface area contributed by atoms with E-state index in [1.54, 1.807) is 30.3 Å². The zero-order chi connectivity index (χ0) is 14.0. The highest BCUT2D eigenvalue weighted by Crippen LogP contribution is 2.26. The van der Waals surface area contributed by atoms with Gasteiger partial charge < -0.3 is 11.1 Å². The van der Waals surface area contributed by atoms with E-state index in [4.69, 9.17) is 17.3 Å². The van der Waals surface area contributed by atoms with E-state index in [2.05, 4.69) is 21.2 Å². The first kappa shape index (κ1) is 13.9. The molecule has 0 saturated carbocycles. The molecule has 0 aliphatic heterocycles. The third kappa shape index (κ3) is 3.28. The minimum atomic E-state index is -0.211. The molecule has 3 N–H and O–H groups in total. The fourth-order valence-corrected chi connectivity index (χ4v) is 2.25. The summed E-state index contributed by atoms with van der Waals surface area (Å²) in [4.78, 5) is 12.2. The summed E-state index contributed by atoms with van der Waals surface area (Å²) in [5, 5.41) is 3.28. The molecule has 0 unspecified atom stereocenters. The number of halogens is 2. The molecule has 98 valence electrons. The number of amides is 1. The van der Waals surface area contributed by atoms with Crippen molar-refractivity contribution in [2.75, 3.05) is 11.1 Å². The molecule has 3 nitrogen and oxygen atoms in total. The van der Waals surface area contributed by atoms with Crippen LogP contribution in [-0.4, -0.2) is 5.91 Å². The average molecular weight is 340 g/mol. The number of carbonyl (C=O) groups excluding carboxylic acids is 1. The standard InChI is InChI=1S/C14H12BrClN2O/c1-8-6-10(17)3-4-11(8)14(19)18-13-7-9(15)2-5-12(13)16/h2-7H,17H2,1H3,(H,18,19). The van der Waals surface area contributed by atoms with E-state index >= 15 is 0 Å². The highest BCUT2D eigenvalue weighted by Gasteiger charge is 2.11. The molecule has 2 aromatic rings. The van der Waals surface area contributed by atoms with Gasteiger partial charge in [-0.1, -0.05) is 27.5 Å². The maximum atomic E-state index is 12.2. The Morgan fingerprint density at radius 3 is 2.68 bits per heavy atom. The van der Waals surface area contributed by atoms with Crippen LogP contribution in [0.5, 0.6) is 0 Å². The lowest BCUT2D eigenvalue weighted by molar-refractivity contribution is 0.102. The smallest absolute Gasteiger partial charge is 0.255 e. The lowest BCUT2D eigenvalue weighted by Crippen LogP contribution is -2.13. The van der Waals surface area contributed by atoms with Crippen molar-refractivity contribution in [3.8, 4) is 0 Å². The van der Waals surface area contributed by atoms with Gasteiger partial charge in [-0.3, -0.25) is 4.79 Å². The number of hydrogen-bond donors (Lipinski definition) is 2. The molecule has 0 radical (unpaired) electrons. The van der Waals surface area contributed by atoms with Crippen molar-refractivity contribution >= 4 is 44.8 Å². The van der Waals surface area contributed by atoms with Gasteiger partial charge >= 0.3 is 0 Å². The Morgan fingerprint density at radius 1 is 1.26 bits per heavy atom. The number of nitrogens with two attached hydrogens (primary N) is 1. The van der Waals surface area contributed by atoms with E-state index in [1.807, 2.05) is 13.0 Å². The summed E-state index contributed by atoms with van der Waals surface area (Å²) in [7, 11) is 0. The van der Waals surface area contributed by atoms with Crippen LogP contribution in [0.3, 0.4) is 0 Å². The Balaban J connectivity index is 2.28. The third-order valence-corrected chi connectivity index (χ3v) is 3.49. The molecular weight excluding hydrogens is 328 g/mol. The molecule has 0 aliphatic rings. The first-order valence-electron chi connectivity index (χ1n) is 5.60. The summed E-state index contributed by atoms with van der Waals surface area (Å²) in [6.45, 7) is 1.84. The zero-order valence-electron chi connectivity index (χ0n) is 10.2. The fourth-order valence-electron chi connectivity index (χ4n) is 1.72. The quantitative estimate of drug-likeness (QED) is 0.804. The molecule has 0 atom stereocenters. The molecule has 2 aromatic carbocycles. The molecule has 0 heterocycles. The highest BCUT2D eigenvalue weighted by atomic mass is 79.9. The van der Waals surface area contributed by atoms with E-state index in [9.17, 15) is 4.79 Å². The van der Waals surface area contributed by atoms with Crippen LogP contribution in [0.1, 0.15) is 15.9 Å². The molecule has 0 bridgehead atoms. The van der Waals surface area contributed by atoms with Gasteiger partial charge in [-0.25, -0.2) is 0 Å². The minimum absolute atomic E-state index is 0.211. The topological polar surface area (TPSA) is 55.1 Å². The van der Waals surface area contributed by atoms with Gasteiger partial charge in [0, 0.05) is 15.7 Å². The Hall–Kier alpha value is -1.52. The van der Waals surface area contributed by atoms with Crippen LogP contribution in [0.15, 0.2) is 40.9 Å². The number of hydrogen-bond acceptors (Lipinski definition) is 2. The van der Waals surface area contributed by atoms with Crippen LogP contribution < -0.4 is 11.1 Å². The summed E-state index contributed by atoms with van der Waals surface area (Å²) >= 11 is 9.38. The summed E-state index contributed by atoms with van der Waals surface area (Å²) in [5.74, 6) is -0.211. The molecule has 1 amide bonds. The molecule has 0 fully saturated rings. The Morgan fingerprint density at radius 2 is 2.00 bits per heavy atom. The number of carbonyl (C=O) groups is 1. The minimum Gasteiger partial charge on any atom is -0.399 e. The molecule has 0 spiro atoms. The van der Waals surface area contributed by atoms with Crippen LogP contribution in [0.25, 0.3) is 0 Å². The molecule has 0 saturated heterocycles. The molecule has 19 heavy (non-hydrogen) atoms. The molecule has 2 rings (SSSR count). The lowest BCUT2D eigenvalue weighted by atomic mass is 10.1. The van der Waals surface area contributed by atoms with Crippen LogP contribution >= 0.6 is 27.5 Å². The fraction of sp³-hybridized carbons (Fsp3) is 0.0714. The van der Waals surface area contributed by atoms with Crippen molar-refractivity contribution < 1.29 is 4.79 Å². The second-order valence-corrected chi connectivity index (χ2v) is 5.48. The summed E-state index contributed by atoms with van der Waals surface area (Å²) in [6.07, 6.45) is 0. The van der Waals surface area contributed by atoms with Crippen molar-refractivity contribution in [1.29, 1.82) is 0 Å². The van der Waals surface area contributed by atoms with Crippen LogP contribution in [0.4, 0.5) is 11.4 Å². The zero-order valence-corrected chi connectivity index (χ0v) is 12.5. The Kier molecular flexibility index (Phi) is 4.12. The first-order chi connectivity index (χ1) is 8.97. The predicted octanol–water partition coefficient (Wildman–Crippen LogP) is 4.25. The number of anilines is 2. The van der Waals surface area contributed by atoms with Crippen molar-refractivity contribution in [2.24, 2.45) is 0 Å². The van der Waals surface area contributed by atoms with Gasteiger partial charge in [0.1, 0.15) is 0 Å². The van der Waals surface area contributed by atoms with Crippen LogP contribution in [0.2, 0.25) is 5.02 Å². The largest absolute Gasteiger partial charge is 0.399 e. The van der Waals surface area contributed by atoms with Gasteiger partial charge in [0.25, 0.3) is 5.91 Å². The van der Waals surface area contributed by atoms with E-state index in [1.165, 1.54) is 0 Å². The third-order valence-electron chi connectivity index (χ3n) is 2.67. The monoisotopic (exact) mass is 338 g/mol. The summed E-state index contributed by atoms with van der Waals surface area (Å²) < 4.78 is 0.848. The second-order valence-electron chi connectivity index (χ2n) is 4.15. The number of nitrogen functional groups attached to an aromatic ring is 1. The van der Waals surface area contributed by atoms with Gasteiger partial charge in [-0.2, -0.15) is 0 Å². The van der Waals surface area contributed by atoms with E-state index < -0.39 is 0 Å². The number of benzene rings is 2. The predicted molar refractivity (Wildman–Crippen MR) is 82.7 cm³/mol. The van der Waals surface area contributed by atoms with E-state index in [0.29, 0.717) is 22.0 Å². The molecule has 0 aromatic heterocycles. The van der Waals surface area contributed by atoms with Gasteiger partial charge in [0.2, 0.25) is 0 Å². The Labute approximate surface area is 124 Å². The average Bonchev–Trinajstić information content (AvgIpc) is 2.33. The number of aryl methyl sites for hydroxylation is 1. The first-order valence-corrected chi connectivity index (χ1v) is 6.77. The lowest BCUT2D eigenvalue weighted by Gasteiger charge is -2.10. The summed E-state index contributed by atoms with van der Waals surface area (Å²) in [5.41, 5.74) is 8.26. The molecular formula is C14H12BrClN2O. The van der Waals surface area contributed by atoms with Gasteiger partial charge in [-0.05, 0) is 48.9 Å².